The lowest BCUT2D eigenvalue weighted by Crippen LogP contribution is -2.25. The lowest BCUT2D eigenvalue weighted by atomic mass is 9.79. The quantitative estimate of drug-likeness (QED) is 0.388. The van der Waals surface area contributed by atoms with E-state index in [1.54, 1.807) is 11.8 Å². The van der Waals surface area contributed by atoms with E-state index >= 15 is 0 Å². The van der Waals surface area contributed by atoms with Gasteiger partial charge in [-0.25, -0.2) is 0 Å². The summed E-state index contributed by atoms with van der Waals surface area (Å²) < 4.78 is 6.68. The number of pyridine rings is 1. The van der Waals surface area contributed by atoms with Gasteiger partial charge in [0, 0.05) is 24.2 Å². The van der Waals surface area contributed by atoms with Crippen molar-refractivity contribution in [2.75, 3.05) is 4.90 Å². The Morgan fingerprint density at radius 2 is 1.61 bits per heavy atom. The van der Waals surface area contributed by atoms with E-state index < -0.39 is 0 Å². The van der Waals surface area contributed by atoms with Crippen LogP contribution in [0.4, 0.5) is 11.4 Å². The molecule has 1 aliphatic rings. The number of carbonyl (C=O) groups excluding carboxylic acids is 1. The van der Waals surface area contributed by atoms with Gasteiger partial charge >= 0.3 is 0 Å². The molecule has 0 atom stereocenters. The van der Waals surface area contributed by atoms with Crippen LogP contribution in [0.15, 0.2) is 30.3 Å². The van der Waals surface area contributed by atoms with Crippen LogP contribution in [-0.2, 0) is 15.6 Å². The van der Waals surface area contributed by atoms with Crippen LogP contribution in [-0.4, -0.2) is 10.9 Å². The third kappa shape index (κ3) is 3.48. The van der Waals surface area contributed by atoms with Crippen molar-refractivity contribution < 1.29 is 9.53 Å². The Kier molecular flexibility index (Phi) is 4.69. The zero-order chi connectivity index (χ0) is 22.9. The SMILES string of the molecule is CC(=O)N1c2cc(C(C)(C)C)cc(C(C)(C)C)c2Oc2cc(C)nc3c(C)ccc1c23. The molecule has 31 heavy (non-hydrogen) atoms. The number of carbonyl (C=O) groups is 1. The number of benzene rings is 2. The molecular formula is C27H32N2O2. The zero-order valence-corrected chi connectivity index (χ0v) is 20.1. The van der Waals surface area contributed by atoms with Gasteiger partial charge in [0.05, 0.1) is 22.3 Å². The van der Waals surface area contributed by atoms with Gasteiger partial charge in [-0.2, -0.15) is 0 Å². The molecule has 0 spiro atoms. The highest BCUT2D eigenvalue weighted by Crippen LogP contribution is 2.52. The molecule has 1 amide bonds. The van der Waals surface area contributed by atoms with Crippen LogP contribution >= 0.6 is 0 Å². The Morgan fingerprint density at radius 1 is 0.935 bits per heavy atom. The van der Waals surface area contributed by atoms with Gasteiger partial charge in [0.1, 0.15) is 5.75 Å². The number of ether oxygens (including phenoxy) is 1. The van der Waals surface area contributed by atoms with Crippen molar-refractivity contribution in [2.45, 2.75) is 73.1 Å². The fraction of sp³-hybridized carbons (Fsp3) is 0.407. The van der Waals surface area contributed by atoms with E-state index in [-0.39, 0.29) is 16.7 Å². The van der Waals surface area contributed by atoms with Gasteiger partial charge in [-0.1, -0.05) is 53.7 Å². The molecule has 0 bridgehead atoms. The van der Waals surface area contributed by atoms with Gasteiger partial charge in [-0.15, -0.1) is 0 Å². The van der Waals surface area contributed by atoms with Crippen LogP contribution in [0.3, 0.4) is 0 Å². The summed E-state index contributed by atoms with van der Waals surface area (Å²) in [5, 5.41) is 0.883. The summed E-state index contributed by atoms with van der Waals surface area (Å²) in [7, 11) is 0. The molecule has 1 aliphatic heterocycles. The number of rotatable bonds is 0. The second kappa shape index (κ2) is 6.81. The summed E-state index contributed by atoms with van der Waals surface area (Å²) in [6, 6.07) is 10.4. The van der Waals surface area contributed by atoms with E-state index in [1.165, 1.54) is 5.56 Å². The number of fused-ring (bicyclic) bond motifs is 1. The van der Waals surface area contributed by atoms with E-state index in [2.05, 4.69) is 53.7 Å². The fourth-order valence-corrected chi connectivity index (χ4v) is 4.27. The molecule has 0 aliphatic carbocycles. The highest BCUT2D eigenvalue weighted by molar-refractivity contribution is 6.11. The van der Waals surface area contributed by atoms with Crippen molar-refractivity contribution in [3.63, 3.8) is 0 Å². The molecule has 1 aromatic heterocycles. The molecule has 2 heterocycles. The molecule has 4 nitrogen and oxygen atoms in total. The summed E-state index contributed by atoms with van der Waals surface area (Å²) in [6.45, 7) is 18.8. The van der Waals surface area contributed by atoms with Crippen molar-refractivity contribution in [3.8, 4) is 11.5 Å². The Hall–Kier alpha value is -2.88. The highest BCUT2D eigenvalue weighted by atomic mass is 16.5. The molecule has 0 N–H and O–H groups in total. The highest BCUT2D eigenvalue weighted by Gasteiger charge is 2.33. The molecule has 0 radical (unpaired) electrons. The van der Waals surface area contributed by atoms with Crippen molar-refractivity contribution in [2.24, 2.45) is 0 Å². The molecular weight excluding hydrogens is 384 g/mol. The number of aryl methyl sites for hydroxylation is 2. The van der Waals surface area contributed by atoms with Crippen molar-refractivity contribution >= 4 is 28.2 Å². The lowest BCUT2D eigenvalue weighted by molar-refractivity contribution is -0.115. The topological polar surface area (TPSA) is 42.4 Å². The van der Waals surface area contributed by atoms with Gasteiger partial charge < -0.3 is 4.74 Å². The smallest absolute Gasteiger partial charge is 0.228 e. The third-order valence-corrected chi connectivity index (χ3v) is 5.98. The van der Waals surface area contributed by atoms with E-state index in [1.807, 2.05) is 32.0 Å². The van der Waals surface area contributed by atoms with Crippen LogP contribution in [0.5, 0.6) is 11.5 Å². The maximum atomic E-state index is 13.1. The summed E-state index contributed by atoms with van der Waals surface area (Å²) in [4.78, 5) is 19.7. The normalized spacial score (nSPS) is 13.6. The largest absolute Gasteiger partial charge is 0.454 e. The van der Waals surface area contributed by atoms with Crippen LogP contribution in [0.25, 0.3) is 10.9 Å². The molecule has 0 unspecified atom stereocenters. The predicted molar refractivity (Wildman–Crippen MR) is 128 cm³/mol. The maximum absolute atomic E-state index is 13.1. The summed E-state index contributed by atoms with van der Waals surface area (Å²) in [5.41, 5.74) is 6.48. The molecule has 0 saturated heterocycles. The Morgan fingerprint density at radius 3 is 2.19 bits per heavy atom. The maximum Gasteiger partial charge on any atom is 0.228 e. The zero-order valence-electron chi connectivity index (χ0n) is 20.1. The lowest BCUT2D eigenvalue weighted by Gasteiger charge is -2.31. The number of nitrogens with zero attached hydrogens (tertiary/aromatic N) is 2. The molecule has 3 aromatic rings. The van der Waals surface area contributed by atoms with E-state index in [4.69, 9.17) is 9.72 Å². The van der Waals surface area contributed by atoms with E-state index in [9.17, 15) is 4.79 Å². The first-order valence-electron chi connectivity index (χ1n) is 10.9. The standard InChI is InChI=1S/C27H32N2O2/c1-15-10-11-20-23-22(12-16(2)28-24(15)23)31-25-19(27(7,8)9)13-18(26(4,5)6)14-21(25)29(20)17(3)30/h10-14H,1-9H3. The summed E-state index contributed by atoms with van der Waals surface area (Å²) >= 11 is 0. The molecule has 4 rings (SSSR count). The van der Waals surface area contributed by atoms with Crippen LogP contribution in [0.2, 0.25) is 0 Å². The van der Waals surface area contributed by atoms with Gasteiger partial charge in [-0.3, -0.25) is 14.7 Å². The number of hydrogen-bond donors (Lipinski definition) is 0. The average Bonchev–Trinajstić information content (AvgIpc) is 2.76. The fourth-order valence-electron chi connectivity index (χ4n) is 4.27. The first-order chi connectivity index (χ1) is 14.3. The first-order valence-corrected chi connectivity index (χ1v) is 10.9. The number of amides is 1. The molecule has 162 valence electrons. The van der Waals surface area contributed by atoms with Crippen molar-refractivity contribution in [3.05, 3.63) is 52.7 Å². The van der Waals surface area contributed by atoms with Gasteiger partial charge in [0.2, 0.25) is 5.91 Å². The number of anilines is 2. The molecule has 0 saturated carbocycles. The van der Waals surface area contributed by atoms with Crippen molar-refractivity contribution in [1.29, 1.82) is 0 Å². The first kappa shape index (κ1) is 21.4. The average molecular weight is 417 g/mol. The van der Waals surface area contributed by atoms with Crippen molar-refractivity contribution in [1.82, 2.24) is 4.98 Å². The second-order valence-corrected chi connectivity index (χ2v) is 10.7. The van der Waals surface area contributed by atoms with E-state index in [0.29, 0.717) is 0 Å². The van der Waals surface area contributed by atoms with Gasteiger partial charge in [0.15, 0.2) is 5.75 Å². The number of aromatic nitrogens is 1. The van der Waals surface area contributed by atoms with Gasteiger partial charge in [0.25, 0.3) is 0 Å². The van der Waals surface area contributed by atoms with E-state index in [0.717, 1.165) is 50.6 Å². The third-order valence-electron chi connectivity index (χ3n) is 5.98. The minimum Gasteiger partial charge on any atom is -0.454 e. The summed E-state index contributed by atoms with van der Waals surface area (Å²) in [5.74, 6) is 1.45. The molecule has 0 fully saturated rings. The van der Waals surface area contributed by atoms with Crippen LogP contribution < -0.4 is 9.64 Å². The van der Waals surface area contributed by atoms with Crippen LogP contribution in [0.1, 0.15) is 70.9 Å². The Balaban J connectivity index is 2.19. The monoisotopic (exact) mass is 416 g/mol. The predicted octanol–water partition coefficient (Wildman–Crippen LogP) is 7.24. The second-order valence-electron chi connectivity index (χ2n) is 10.7. The number of hydrogen-bond acceptors (Lipinski definition) is 3. The summed E-state index contributed by atoms with van der Waals surface area (Å²) in [6.07, 6.45) is 0. The Bertz CT molecular complexity index is 1230. The minimum absolute atomic E-state index is 0.0469. The Labute approximate surface area is 185 Å². The van der Waals surface area contributed by atoms with Gasteiger partial charge in [-0.05, 0) is 47.9 Å². The molecule has 2 aromatic carbocycles. The minimum atomic E-state index is -0.165. The molecule has 4 heteroatoms. The van der Waals surface area contributed by atoms with Crippen LogP contribution in [0, 0.1) is 13.8 Å².